The zero-order valence-corrected chi connectivity index (χ0v) is 8.91. The van der Waals surface area contributed by atoms with E-state index in [0.29, 0.717) is 5.82 Å². The van der Waals surface area contributed by atoms with Crippen LogP contribution in [0.15, 0.2) is 29.8 Å². The second-order valence-corrected chi connectivity index (χ2v) is 3.84. The van der Waals surface area contributed by atoms with Crippen molar-refractivity contribution in [1.82, 2.24) is 9.78 Å². The van der Waals surface area contributed by atoms with Crippen LogP contribution in [0.2, 0.25) is 0 Å². The van der Waals surface area contributed by atoms with Crippen LogP contribution in [0.25, 0.3) is 0 Å². The zero-order chi connectivity index (χ0) is 10.7. The van der Waals surface area contributed by atoms with E-state index < -0.39 is 0 Å². The molecule has 0 saturated carbocycles. The number of anilines is 2. The fraction of sp³-hybridized carbons (Fsp3) is 0.111. The van der Waals surface area contributed by atoms with Crippen molar-refractivity contribution >= 4 is 28.2 Å². The minimum absolute atomic E-state index is 0.263. The van der Waals surface area contributed by atoms with E-state index in [2.05, 4.69) is 15.7 Å². The van der Waals surface area contributed by atoms with Gasteiger partial charge in [0.25, 0.3) is 0 Å². The quantitative estimate of drug-likeness (QED) is 0.817. The van der Waals surface area contributed by atoms with Gasteiger partial charge in [0, 0.05) is 13.1 Å². The highest BCUT2D eigenvalue weighted by atomic mass is 32.1. The summed E-state index contributed by atoms with van der Waals surface area (Å²) in [5, 5.41) is 12.1. The maximum atomic E-state index is 11.5. The van der Waals surface area contributed by atoms with Gasteiger partial charge in [-0.2, -0.15) is 5.10 Å². The average Bonchev–Trinajstić information content (AvgIpc) is 2.79. The van der Waals surface area contributed by atoms with Crippen LogP contribution in [0, 0.1) is 0 Å². The molecule has 0 aliphatic heterocycles. The second kappa shape index (κ2) is 4.14. The molecule has 0 spiro atoms. The standard InChI is InChI=1S/C9H10N4OS/c1-13-7(4-5-10-13)11-9(14)12-8-3-2-6-15-8/h2-6H,1H3,(H2,11,12,14). The number of amides is 2. The molecule has 0 aromatic carbocycles. The lowest BCUT2D eigenvalue weighted by Gasteiger charge is -2.05. The Morgan fingerprint density at radius 1 is 1.47 bits per heavy atom. The van der Waals surface area contributed by atoms with Gasteiger partial charge in [-0.3, -0.25) is 15.3 Å². The van der Waals surface area contributed by atoms with Crippen LogP contribution in [0.4, 0.5) is 15.6 Å². The van der Waals surface area contributed by atoms with Crippen molar-refractivity contribution in [3.05, 3.63) is 29.8 Å². The average molecular weight is 222 g/mol. The van der Waals surface area contributed by atoms with Gasteiger partial charge >= 0.3 is 6.03 Å². The van der Waals surface area contributed by atoms with Crippen molar-refractivity contribution in [1.29, 1.82) is 0 Å². The molecule has 0 radical (unpaired) electrons. The van der Waals surface area contributed by atoms with Crippen LogP contribution < -0.4 is 10.6 Å². The number of carbonyl (C=O) groups excluding carboxylic acids is 1. The Kier molecular flexibility index (Phi) is 2.68. The zero-order valence-electron chi connectivity index (χ0n) is 8.10. The first-order chi connectivity index (χ1) is 7.25. The molecule has 78 valence electrons. The number of rotatable bonds is 2. The van der Waals surface area contributed by atoms with E-state index in [0.717, 1.165) is 5.00 Å². The van der Waals surface area contributed by atoms with Gasteiger partial charge < -0.3 is 0 Å². The molecule has 0 aliphatic rings. The molecular formula is C9H10N4OS. The smallest absolute Gasteiger partial charge is 0.299 e. The Labute approximate surface area is 90.7 Å². The Balaban J connectivity index is 1.96. The van der Waals surface area contributed by atoms with E-state index in [1.807, 2.05) is 17.5 Å². The Bertz CT molecular complexity index is 448. The highest BCUT2D eigenvalue weighted by Crippen LogP contribution is 2.15. The number of hydrogen-bond donors (Lipinski definition) is 2. The van der Waals surface area contributed by atoms with Gasteiger partial charge in [-0.1, -0.05) is 0 Å². The first-order valence-corrected chi connectivity index (χ1v) is 5.23. The van der Waals surface area contributed by atoms with E-state index in [9.17, 15) is 4.79 Å². The van der Waals surface area contributed by atoms with Crippen LogP contribution in [0.1, 0.15) is 0 Å². The van der Waals surface area contributed by atoms with Gasteiger partial charge in [-0.05, 0) is 17.5 Å². The predicted molar refractivity (Wildman–Crippen MR) is 60.2 cm³/mol. The van der Waals surface area contributed by atoms with E-state index in [1.165, 1.54) is 11.3 Å². The molecule has 5 nitrogen and oxygen atoms in total. The summed E-state index contributed by atoms with van der Waals surface area (Å²) in [7, 11) is 1.76. The summed E-state index contributed by atoms with van der Waals surface area (Å²) in [6.07, 6.45) is 1.63. The fourth-order valence-electron chi connectivity index (χ4n) is 1.11. The SMILES string of the molecule is Cn1nccc1NC(=O)Nc1cccs1. The summed E-state index contributed by atoms with van der Waals surface area (Å²) < 4.78 is 1.59. The highest BCUT2D eigenvalue weighted by Gasteiger charge is 2.04. The van der Waals surface area contributed by atoms with Crippen molar-refractivity contribution in [3.63, 3.8) is 0 Å². The number of thiophene rings is 1. The fourth-order valence-corrected chi connectivity index (χ4v) is 1.72. The molecule has 0 bridgehead atoms. The maximum absolute atomic E-state index is 11.5. The van der Waals surface area contributed by atoms with E-state index in [-0.39, 0.29) is 6.03 Å². The third-order valence-electron chi connectivity index (χ3n) is 1.82. The maximum Gasteiger partial charge on any atom is 0.325 e. The highest BCUT2D eigenvalue weighted by molar-refractivity contribution is 7.14. The van der Waals surface area contributed by atoms with Crippen LogP contribution >= 0.6 is 11.3 Å². The molecule has 0 unspecified atom stereocenters. The minimum Gasteiger partial charge on any atom is -0.299 e. The number of hydrogen-bond acceptors (Lipinski definition) is 3. The largest absolute Gasteiger partial charge is 0.325 e. The molecule has 0 atom stereocenters. The molecule has 0 aliphatic carbocycles. The Hall–Kier alpha value is -1.82. The minimum atomic E-state index is -0.263. The van der Waals surface area contributed by atoms with Gasteiger partial charge in [-0.25, -0.2) is 4.79 Å². The number of nitrogens with one attached hydrogen (secondary N) is 2. The lowest BCUT2D eigenvalue weighted by molar-refractivity contribution is 0.262. The predicted octanol–water partition coefficient (Wildman–Crippen LogP) is 2.13. The number of urea groups is 1. The monoisotopic (exact) mass is 222 g/mol. The van der Waals surface area contributed by atoms with Gasteiger partial charge in [0.05, 0.1) is 11.2 Å². The first-order valence-electron chi connectivity index (χ1n) is 4.35. The van der Waals surface area contributed by atoms with Crippen molar-refractivity contribution in [2.24, 2.45) is 7.05 Å². The van der Waals surface area contributed by atoms with E-state index >= 15 is 0 Å². The van der Waals surface area contributed by atoms with Gasteiger partial charge in [0.2, 0.25) is 0 Å². The first kappa shape index (κ1) is 9.72. The van der Waals surface area contributed by atoms with Crippen LogP contribution in [-0.4, -0.2) is 15.8 Å². The van der Waals surface area contributed by atoms with Crippen LogP contribution in [-0.2, 0) is 7.05 Å². The topological polar surface area (TPSA) is 59.0 Å². The molecular weight excluding hydrogens is 212 g/mol. The van der Waals surface area contributed by atoms with Gasteiger partial charge in [0.15, 0.2) is 0 Å². The van der Waals surface area contributed by atoms with Crippen molar-refractivity contribution in [3.8, 4) is 0 Å². The van der Waals surface area contributed by atoms with Crippen molar-refractivity contribution in [2.45, 2.75) is 0 Å². The Morgan fingerprint density at radius 3 is 2.93 bits per heavy atom. The summed E-state index contributed by atoms with van der Waals surface area (Å²) in [6.45, 7) is 0. The third kappa shape index (κ3) is 2.35. The van der Waals surface area contributed by atoms with Crippen molar-refractivity contribution in [2.75, 3.05) is 10.6 Å². The number of aromatic nitrogens is 2. The Morgan fingerprint density at radius 2 is 2.33 bits per heavy atom. The molecule has 2 N–H and O–H groups in total. The van der Waals surface area contributed by atoms with Gasteiger partial charge in [0.1, 0.15) is 5.82 Å². The lowest BCUT2D eigenvalue weighted by atomic mass is 10.6. The third-order valence-corrected chi connectivity index (χ3v) is 2.61. The lowest BCUT2D eigenvalue weighted by Crippen LogP contribution is -2.20. The molecule has 2 aromatic rings. The van der Waals surface area contributed by atoms with E-state index in [4.69, 9.17) is 0 Å². The second-order valence-electron chi connectivity index (χ2n) is 2.90. The van der Waals surface area contributed by atoms with E-state index in [1.54, 1.807) is 24.0 Å². The summed E-state index contributed by atoms with van der Waals surface area (Å²) in [5.74, 6) is 0.657. The number of aryl methyl sites for hydroxylation is 1. The molecule has 2 amide bonds. The molecule has 15 heavy (non-hydrogen) atoms. The van der Waals surface area contributed by atoms with Gasteiger partial charge in [-0.15, -0.1) is 11.3 Å². The normalized spacial score (nSPS) is 9.93. The summed E-state index contributed by atoms with van der Waals surface area (Å²) in [6, 6.07) is 5.19. The molecule has 0 fully saturated rings. The molecule has 6 heteroatoms. The molecule has 2 heterocycles. The van der Waals surface area contributed by atoms with Crippen molar-refractivity contribution < 1.29 is 4.79 Å². The summed E-state index contributed by atoms with van der Waals surface area (Å²) >= 11 is 1.47. The summed E-state index contributed by atoms with van der Waals surface area (Å²) in [5.41, 5.74) is 0. The number of carbonyl (C=O) groups is 1. The molecule has 2 rings (SSSR count). The summed E-state index contributed by atoms with van der Waals surface area (Å²) in [4.78, 5) is 11.5. The molecule has 0 saturated heterocycles. The van der Waals surface area contributed by atoms with Crippen LogP contribution in [0.3, 0.4) is 0 Å². The molecule has 2 aromatic heterocycles. The van der Waals surface area contributed by atoms with Crippen LogP contribution in [0.5, 0.6) is 0 Å². The number of nitrogens with zero attached hydrogens (tertiary/aromatic N) is 2.